The van der Waals surface area contributed by atoms with Crippen LogP contribution in [0, 0.1) is 0 Å². The molecule has 1 fully saturated rings. The molecule has 1 aliphatic carbocycles. The summed E-state index contributed by atoms with van der Waals surface area (Å²) >= 11 is 0. The molecule has 1 aromatic heterocycles. The van der Waals surface area contributed by atoms with Gasteiger partial charge in [-0.3, -0.25) is 4.79 Å². The lowest BCUT2D eigenvalue weighted by Gasteiger charge is -2.33. The van der Waals surface area contributed by atoms with E-state index in [2.05, 4.69) is 15.6 Å². The Kier molecular flexibility index (Phi) is 3.59. The number of carbonyl (C=O) groups is 2. The Hall–Kier alpha value is -1.92. The fraction of sp³-hybridized carbons (Fsp3) is 0.636. The molecule has 0 spiro atoms. The molecule has 0 aromatic carbocycles. The van der Waals surface area contributed by atoms with Gasteiger partial charge >= 0.3 is 5.97 Å². The highest BCUT2D eigenvalue weighted by Gasteiger charge is 2.40. The number of carbonyl (C=O) groups excluding carboxylic acids is 1. The first-order valence-electron chi connectivity index (χ1n) is 6.01. The summed E-state index contributed by atoms with van der Waals surface area (Å²) in [7, 11) is 0. The van der Waals surface area contributed by atoms with Crippen molar-refractivity contribution in [2.24, 2.45) is 0 Å². The summed E-state index contributed by atoms with van der Waals surface area (Å²) in [6, 6.07) is 0. The number of nitrogens with zero attached hydrogens (tertiary/aromatic N) is 3. The summed E-state index contributed by atoms with van der Waals surface area (Å²) in [4.78, 5) is 23.2. The Balaban J connectivity index is 2.00. The number of hydrogen-bond donors (Lipinski definition) is 2. The summed E-state index contributed by atoms with van der Waals surface area (Å²) in [5.74, 6) is -1.29. The summed E-state index contributed by atoms with van der Waals surface area (Å²) in [5, 5.41) is 19.2. The number of carboxylic acid groups (broad SMARTS) is 1. The summed E-state index contributed by atoms with van der Waals surface area (Å²) in [6.45, 7) is -0.00493. The lowest BCUT2D eigenvalue weighted by Crippen LogP contribution is -2.56. The fourth-order valence-corrected chi connectivity index (χ4v) is 2.32. The van der Waals surface area contributed by atoms with Crippen LogP contribution in [0.3, 0.4) is 0 Å². The predicted octanol–water partition coefficient (Wildman–Crippen LogP) is 0.182. The van der Waals surface area contributed by atoms with E-state index < -0.39 is 11.5 Å². The Bertz CT molecular complexity index is 424. The SMILES string of the molecule is O=C(Cn1ccnn1)NC1(C(=O)O)CCCCC1. The van der Waals surface area contributed by atoms with Gasteiger partial charge in [-0.2, -0.15) is 0 Å². The van der Waals surface area contributed by atoms with Crippen molar-refractivity contribution in [2.75, 3.05) is 0 Å². The first-order valence-corrected chi connectivity index (χ1v) is 6.01. The second-order valence-corrected chi connectivity index (χ2v) is 4.60. The molecule has 0 unspecified atom stereocenters. The maximum Gasteiger partial charge on any atom is 0.329 e. The molecule has 18 heavy (non-hydrogen) atoms. The minimum atomic E-state index is -1.10. The van der Waals surface area contributed by atoms with Crippen molar-refractivity contribution in [3.63, 3.8) is 0 Å². The molecule has 1 heterocycles. The number of amides is 1. The number of nitrogens with one attached hydrogen (secondary N) is 1. The molecule has 7 nitrogen and oxygen atoms in total. The van der Waals surface area contributed by atoms with E-state index in [0.29, 0.717) is 12.8 Å². The number of carboxylic acids is 1. The lowest BCUT2D eigenvalue weighted by molar-refractivity contribution is -0.149. The number of rotatable bonds is 4. The Morgan fingerprint density at radius 1 is 1.33 bits per heavy atom. The predicted molar refractivity (Wildman–Crippen MR) is 61.6 cm³/mol. The van der Waals surface area contributed by atoms with Gasteiger partial charge < -0.3 is 10.4 Å². The van der Waals surface area contributed by atoms with E-state index in [9.17, 15) is 14.7 Å². The molecule has 0 saturated heterocycles. The molecule has 2 rings (SSSR count). The molecule has 0 atom stereocenters. The van der Waals surface area contributed by atoms with Crippen molar-refractivity contribution in [1.82, 2.24) is 20.3 Å². The van der Waals surface area contributed by atoms with Gasteiger partial charge in [-0.15, -0.1) is 5.10 Å². The van der Waals surface area contributed by atoms with E-state index in [4.69, 9.17) is 0 Å². The zero-order valence-electron chi connectivity index (χ0n) is 10.0. The van der Waals surface area contributed by atoms with E-state index in [1.807, 2.05) is 0 Å². The minimum Gasteiger partial charge on any atom is -0.480 e. The molecule has 2 N–H and O–H groups in total. The highest BCUT2D eigenvalue weighted by molar-refractivity contribution is 5.86. The number of aliphatic carboxylic acids is 1. The third-order valence-corrected chi connectivity index (χ3v) is 3.27. The van der Waals surface area contributed by atoms with E-state index in [0.717, 1.165) is 19.3 Å². The van der Waals surface area contributed by atoms with Gasteiger partial charge in [-0.05, 0) is 12.8 Å². The molecule has 98 valence electrons. The van der Waals surface area contributed by atoms with E-state index in [-0.39, 0.29) is 12.5 Å². The molecule has 1 saturated carbocycles. The Labute approximate surface area is 104 Å². The van der Waals surface area contributed by atoms with Gasteiger partial charge in [0.05, 0.1) is 6.20 Å². The number of hydrogen-bond acceptors (Lipinski definition) is 4. The van der Waals surface area contributed by atoms with Crippen LogP contribution in [-0.2, 0) is 16.1 Å². The highest BCUT2D eigenvalue weighted by Crippen LogP contribution is 2.28. The van der Waals surface area contributed by atoms with Gasteiger partial charge in [0.25, 0.3) is 0 Å². The van der Waals surface area contributed by atoms with E-state index >= 15 is 0 Å². The maximum atomic E-state index is 11.8. The van der Waals surface area contributed by atoms with Crippen molar-refractivity contribution in [1.29, 1.82) is 0 Å². The molecule has 7 heteroatoms. The van der Waals surface area contributed by atoms with Crippen LogP contribution >= 0.6 is 0 Å². The van der Waals surface area contributed by atoms with Crippen LogP contribution in [-0.4, -0.2) is 37.5 Å². The van der Waals surface area contributed by atoms with Gasteiger partial charge in [0, 0.05) is 6.20 Å². The topological polar surface area (TPSA) is 97.1 Å². The highest BCUT2D eigenvalue weighted by atomic mass is 16.4. The zero-order chi connectivity index (χ0) is 13.0. The second-order valence-electron chi connectivity index (χ2n) is 4.60. The van der Waals surface area contributed by atoms with Crippen molar-refractivity contribution in [3.05, 3.63) is 12.4 Å². The average Bonchev–Trinajstić information content (AvgIpc) is 2.82. The van der Waals surface area contributed by atoms with E-state index in [1.165, 1.54) is 10.9 Å². The Morgan fingerprint density at radius 3 is 2.61 bits per heavy atom. The minimum absolute atomic E-state index is 0.00493. The van der Waals surface area contributed by atoms with Crippen LogP contribution in [0.15, 0.2) is 12.4 Å². The third-order valence-electron chi connectivity index (χ3n) is 3.27. The normalized spacial score (nSPS) is 18.2. The van der Waals surface area contributed by atoms with Crippen LogP contribution in [0.2, 0.25) is 0 Å². The summed E-state index contributed by atoms with van der Waals surface area (Å²) in [6.07, 6.45) is 6.70. The molecule has 0 aliphatic heterocycles. The summed E-state index contributed by atoms with van der Waals surface area (Å²) < 4.78 is 1.37. The molecular weight excluding hydrogens is 236 g/mol. The van der Waals surface area contributed by atoms with Gasteiger partial charge in [-0.25, -0.2) is 9.48 Å². The third kappa shape index (κ3) is 2.66. The molecule has 0 radical (unpaired) electrons. The molecular formula is C11H16N4O3. The van der Waals surface area contributed by atoms with Gasteiger partial charge in [0.15, 0.2) is 0 Å². The molecule has 1 amide bonds. The quantitative estimate of drug-likeness (QED) is 0.796. The van der Waals surface area contributed by atoms with Crippen LogP contribution in [0.5, 0.6) is 0 Å². The first kappa shape index (κ1) is 12.5. The average molecular weight is 252 g/mol. The Morgan fingerprint density at radius 2 is 2.06 bits per heavy atom. The van der Waals surface area contributed by atoms with Crippen LogP contribution in [0.1, 0.15) is 32.1 Å². The molecule has 1 aromatic rings. The second kappa shape index (κ2) is 5.16. The van der Waals surface area contributed by atoms with Crippen LogP contribution in [0.25, 0.3) is 0 Å². The van der Waals surface area contributed by atoms with Crippen molar-refractivity contribution in [2.45, 2.75) is 44.2 Å². The van der Waals surface area contributed by atoms with E-state index in [1.54, 1.807) is 6.20 Å². The zero-order valence-corrected chi connectivity index (χ0v) is 10.0. The fourth-order valence-electron chi connectivity index (χ4n) is 2.32. The lowest BCUT2D eigenvalue weighted by atomic mass is 9.81. The van der Waals surface area contributed by atoms with Gasteiger partial charge in [-0.1, -0.05) is 24.5 Å². The van der Waals surface area contributed by atoms with Gasteiger partial charge in [0.1, 0.15) is 12.1 Å². The van der Waals surface area contributed by atoms with Crippen LogP contribution in [0.4, 0.5) is 0 Å². The standard InChI is InChI=1S/C11H16N4O3/c16-9(8-15-7-6-12-14-15)13-11(10(17)18)4-2-1-3-5-11/h6-7H,1-5,8H2,(H,13,16)(H,17,18). The van der Waals surface area contributed by atoms with Gasteiger partial charge in [0.2, 0.25) is 5.91 Å². The smallest absolute Gasteiger partial charge is 0.329 e. The van der Waals surface area contributed by atoms with Crippen molar-refractivity contribution in [3.8, 4) is 0 Å². The largest absolute Gasteiger partial charge is 0.480 e. The molecule has 1 aliphatic rings. The molecule has 0 bridgehead atoms. The number of aromatic nitrogens is 3. The first-order chi connectivity index (χ1) is 8.62. The monoisotopic (exact) mass is 252 g/mol. The van der Waals surface area contributed by atoms with Crippen molar-refractivity contribution >= 4 is 11.9 Å². The van der Waals surface area contributed by atoms with Crippen LogP contribution < -0.4 is 5.32 Å². The van der Waals surface area contributed by atoms with Crippen molar-refractivity contribution < 1.29 is 14.7 Å². The maximum absolute atomic E-state index is 11.8. The summed E-state index contributed by atoms with van der Waals surface area (Å²) in [5.41, 5.74) is -1.10.